The van der Waals surface area contributed by atoms with Gasteiger partial charge in [0.1, 0.15) is 16.7 Å². The second-order valence-electron chi connectivity index (χ2n) is 15.6. The van der Waals surface area contributed by atoms with E-state index in [0.717, 1.165) is 35.6 Å². The summed E-state index contributed by atoms with van der Waals surface area (Å²) in [6, 6.07) is 3.69. The van der Waals surface area contributed by atoms with Crippen molar-refractivity contribution in [3.63, 3.8) is 0 Å². The minimum Gasteiger partial charge on any atom is -0.506 e. The number of carbonyl (C=O) groups excluding carboxylic acids is 3. The van der Waals surface area contributed by atoms with Crippen LogP contribution in [0, 0.1) is 22.2 Å². The number of aliphatic hydroxyl groups is 1. The van der Waals surface area contributed by atoms with Crippen LogP contribution in [0.5, 0.6) is 11.5 Å². The molecule has 3 N–H and O–H groups in total. The molecule has 266 valence electrons. The topological polar surface area (TPSA) is 112 Å². The van der Waals surface area contributed by atoms with Crippen molar-refractivity contribution in [1.29, 1.82) is 0 Å². The van der Waals surface area contributed by atoms with Gasteiger partial charge in [0, 0.05) is 5.56 Å². The Labute approximate surface area is 294 Å². The molecule has 2 aliphatic rings. The monoisotopic (exact) mass is 670 g/mol. The minimum absolute atomic E-state index is 0.0202. The van der Waals surface area contributed by atoms with Gasteiger partial charge in [-0.15, -0.1) is 0 Å². The van der Waals surface area contributed by atoms with E-state index < -0.39 is 50.6 Å². The lowest BCUT2D eigenvalue weighted by Gasteiger charge is -2.61. The van der Waals surface area contributed by atoms with Crippen molar-refractivity contribution in [2.24, 2.45) is 22.2 Å². The van der Waals surface area contributed by atoms with Crippen molar-refractivity contribution in [2.45, 2.75) is 121 Å². The van der Waals surface area contributed by atoms with E-state index in [1.807, 2.05) is 53.7 Å². The molecule has 1 aromatic carbocycles. The van der Waals surface area contributed by atoms with Gasteiger partial charge in [-0.05, 0) is 143 Å². The molecule has 2 aliphatic carbocycles. The molecule has 0 aliphatic heterocycles. The number of benzene rings is 1. The Morgan fingerprint density at radius 1 is 0.755 bits per heavy atom. The van der Waals surface area contributed by atoms with E-state index in [4.69, 9.17) is 0 Å². The molecule has 2 fully saturated rings. The molecule has 3 rings (SSSR count). The maximum Gasteiger partial charge on any atom is 0.184 e. The molecular weight excluding hydrogens is 612 g/mol. The third-order valence-electron chi connectivity index (χ3n) is 10.8. The minimum atomic E-state index is -1.63. The first-order valence-electron chi connectivity index (χ1n) is 17.6. The first-order valence-corrected chi connectivity index (χ1v) is 17.6. The molecule has 0 amide bonds. The highest BCUT2D eigenvalue weighted by Crippen LogP contribution is 2.67. The molecular formula is C43H58O6. The van der Waals surface area contributed by atoms with Crippen molar-refractivity contribution in [2.75, 3.05) is 0 Å². The van der Waals surface area contributed by atoms with Crippen LogP contribution in [0.2, 0.25) is 0 Å². The van der Waals surface area contributed by atoms with Gasteiger partial charge in [-0.2, -0.15) is 0 Å². The highest BCUT2D eigenvalue weighted by molar-refractivity contribution is 6.41. The van der Waals surface area contributed by atoms with Gasteiger partial charge in [-0.3, -0.25) is 14.4 Å². The molecule has 0 unspecified atom stereocenters. The Morgan fingerprint density at radius 2 is 1.33 bits per heavy atom. The summed E-state index contributed by atoms with van der Waals surface area (Å²) in [5.41, 5.74) is 1.11. The van der Waals surface area contributed by atoms with Crippen LogP contribution in [0.15, 0.2) is 82.0 Å². The fourth-order valence-electron chi connectivity index (χ4n) is 7.78. The maximum absolute atomic E-state index is 15.4. The lowest BCUT2D eigenvalue weighted by Crippen LogP contribution is -2.70. The normalized spacial score (nSPS) is 26.2. The average Bonchev–Trinajstić information content (AvgIpc) is 3.00. The van der Waals surface area contributed by atoms with Crippen LogP contribution in [0.25, 0.3) is 5.76 Å². The SMILES string of the molecule is CC(C)=CCC/C(C)=C/C[C@@H]1C[C@]2(CC=C(C)C)C(=O)C(=C(O)c3ccc(O)c(O)c3)C(=O)[C@@](CC=C(C)C)(C2=O)[C@@]1(C)CCC=C(C)C. The second-order valence-corrected chi connectivity index (χ2v) is 15.6. The van der Waals surface area contributed by atoms with E-state index in [1.54, 1.807) is 0 Å². The lowest BCUT2D eigenvalue weighted by atomic mass is 9.37. The van der Waals surface area contributed by atoms with E-state index in [-0.39, 0.29) is 36.5 Å². The second kappa shape index (κ2) is 15.7. The van der Waals surface area contributed by atoms with Gasteiger partial charge in [0.15, 0.2) is 28.8 Å². The lowest BCUT2D eigenvalue weighted by molar-refractivity contribution is -0.178. The molecule has 49 heavy (non-hydrogen) atoms. The number of ketones is 3. The number of phenolic OH excluding ortho intramolecular Hbond substituents is 2. The molecule has 4 atom stereocenters. The van der Waals surface area contributed by atoms with E-state index in [2.05, 4.69) is 45.9 Å². The zero-order valence-corrected chi connectivity index (χ0v) is 31.4. The molecule has 0 saturated heterocycles. The summed E-state index contributed by atoms with van der Waals surface area (Å²) in [6.45, 7) is 20.1. The van der Waals surface area contributed by atoms with Crippen LogP contribution in [-0.2, 0) is 14.4 Å². The number of phenols is 2. The fourth-order valence-corrected chi connectivity index (χ4v) is 7.78. The van der Waals surface area contributed by atoms with Gasteiger partial charge < -0.3 is 15.3 Å². The summed E-state index contributed by atoms with van der Waals surface area (Å²) in [7, 11) is 0. The van der Waals surface area contributed by atoms with Crippen molar-refractivity contribution >= 4 is 23.1 Å². The molecule has 1 aromatic rings. The zero-order chi connectivity index (χ0) is 36.9. The Hall–Kier alpha value is -3.93. The molecule has 0 heterocycles. The molecule has 6 nitrogen and oxygen atoms in total. The number of aliphatic hydroxyl groups excluding tert-OH is 1. The van der Waals surface area contributed by atoms with Crippen molar-refractivity contribution in [3.05, 3.63) is 87.6 Å². The van der Waals surface area contributed by atoms with Crippen LogP contribution in [-0.4, -0.2) is 32.7 Å². The quantitative estimate of drug-likeness (QED) is 0.0481. The van der Waals surface area contributed by atoms with Gasteiger partial charge in [-0.25, -0.2) is 0 Å². The van der Waals surface area contributed by atoms with Gasteiger partial charge in [0.25, 0.3) is 0 Å². The smallest absolute Gasteiger partial charge is 0.184 e. The summed E-state index contributed by atoms with van der Waals surface area (Å²) < 4.78 is 0. The van der Waals surface area contributed by atoms with E-state index in [1.165, 1.54) is 23.3 Å². The largest absolute Gasteiger partial charge is 0.506 e. The Balaban J connectivity index is 2.44. The van der Waals surface area contributed by atoms with Crippen molar-refractivity contribution in [1.82, 2.24) is 0 Å². The third kappa shape index (κ3) is 7.95. The molecule has 2 saturated carbocycles. The molecule has 6 heteroatoms. The standard InChI is InChI=1S/C43H58O6/c1-27(2)13-11-15-31(9)16-18-33-26-42(23-20-29(5)6)38(47)36(37(46)32-17-19-34(44)35(45)25-32)39(48)43(40(42)49,24-21-30(7)8)41(33,10)22-12-14-28(3)4/h13-14,16-17,19-21,25,33,44-46H,11-12,15,18,22-24,26H2,1-10H3/b31-16+,37-36?/t33-,41+,42-,43+/m1/s1. The van der Waals surface area contributed by atoms with Crippen LogP contribution in [0.1, 0.15) is 126 Å². The first kappa shape index (κ1) is 39.5. The molecule has 2 bridgehead atoms. The number of hydrogen-bond donors (Lipinski definition) is 3. The van der Waals surface area contributed by atoms with Crippen molar-refractivity contribution < 1.29 is 29.7 Å². The highest BCUT2D eigenvalue weighted by atomic mass is 16.3. The van der Waals surface area contributed by atoms with Gasteiger partial charge in [0.2, 0.25) is 0 Å². The Bertz CT molecular complexity index is 1650. The average molecular weight is 671 g/mol. The molecule has 0 spiro atoms. The van der Waals surface area contributed by atoms with Crippen LogP contribution in [0.3, 0.4) is 0 Å². The fraction of sp³-hybridized carbons (Fsp3) is 0.512. The number of fused-ring (bicyclic) bond motifs is 2. The zero-order valence-electron chi connectivity index (χ0n) is 31.4. The molecule has 0 radical (unpaired) electrons. The Kier molecular flexibility index (Phi) is 12.7. The molecule has 0 aromatic heterocycles. The van der Waals surface area contributed by atoms with Gasteiger partial charge in [-0.1, -0.05) is 65.2 Å². The Morgan fingerprint density at radius 3 is 1.90 bits per heavy atom. The number of hydrogen-bond acceptors (Lipinski definition) is 6. The third-order valence-corrected chi connectivity index (χ3v) is 10.8. The number of carbonyl (C=O) groups is 3. The number of aromatic hydroxyl groups is 2. The maximum atomic E-state index is 15.4. The van der Waals surface area contributed by atoms with E-state index in [9.17, 15) is 20.1 Å². The predicted molar refractivity (Wildman–Crippen MR) is 199 cm³/mol. The van der Waals surface area contributed by atoms with E-state index in [0.29, 0.717) is 19.3 Å². The number of allylic oxidation sites excluding steroid dienone is 11. The number of rotatable bonds is 13. The predicted octanol–water partition coefficient (Wildman–Crippen LogP) is 10.6. The summed E-state index contributed by atoms with van der Waals surface area (Å²) in [5.74, 6) is -3.33. The van der Waals surface area contributed by atoms with Crippen LogP contribution in [0.4, 0.5) is 0 Å². The van der Waals surface area contributed by atoms with Gasteiger partial charge in [0.05, 0.1) is 5.41 Å². The summed E-state index contributed by atoms with van der Waals surface area (Å²) in [4.78, 5) is 45.6. The van der Waals surface area contributed by atoms with Crippen LogP contribution >= 0.6 is 0 Å². The number of Topliss-reactive ketones (excluding diaryl/α,β-unsaturated/α-hetero) is 3. The van der Waals surface area contributed by atoms with Crippen molar-refractivity contribution in [3.8, 4) is 11.5 Å². The van der Waals surface area contributed by atoms with Gasteiger partial charge >= 0.3 is 0 Å². The summed E-state index contributed by atoms with van der Waals surface area (Å²) in [5, 5.41) is 32.0. The first-order chi connectivity index (χ1) is 22.8. The summed E-state index contributed by atoms with van der Waals surface area (Å²) >= 11 is 0. The highest BCUT2D eigenvalue weighted by Gasteiger charge is 2.74. The summed E-state index contributed by atoms with van der Waals surface area (Å²) in [6.07, 6.45) is 14.6. The van der Waals surface area contributed by atoms with E-state index >= 15 is 9.59 Å². The van der Waals surface area contributed by atoms with Crippen LogP contribution < -0.4 is 0 Å².